The smallest absolute Gasteiger partial charge is 0.113 e. The molecule has 0 aliphatic rings. The van der Waals surface area contributed by atoms with Crippen LogP contribution >= 0.6 is 0 Å². The largest absolute Gasteiger partial charge is 0.373 e. The standard InChI is InChI=1S/C8H17FO/c1-4-5-8(2,3)10-7-6-9/h4-7H2,1-3H3. The Hall–Kier alpha value is -0.110. The molecule has 1 nitrogen and oxygen atoms in total. The molecule has 2 heteroatoms. The van der Waals surface area contributed by atoms with Crippen molar-refractivity contribution < 1.29 is 9.13 Å². The van der Waals surface area contributed by atoms with Gasteiger partial charge in [-0.25, -0.2) is 4.39 Å². The van der Waals surface area contributed by atoms with E-state index >= 15 is 0 Å². The van der Waals surface area contributed by atoms with E-state index in [1.54, 1.807) is 0 Å². The fourth-order valence-corrected chi connectivity index (χ4v) is 0.989. The van der Waals surface area contributed by atoms with Crippen LogP contribution in [-0.4, -0.2) is 18.9 Å². The van der Waals surface area contributed by atoms with Gasteiger partial charge < -0.3 is 4.74 Å². The fourth-order valence-electron chi connectivity index (χ4n) is 0.989. The van der Waals surface area contributed by atoms with Crippen molar-refractivity contribution in [2.75, 3.05) is 13.3 Å². The number of alkyl halides is 1. The Morgan fingerprint density at radius 3 is 2.40 bits per heavy atom. The molecule has 62 valence electrons. The Morgan fingerprint density at radius 2 is 2.00 bits per heavy atom. The molecule has 0 aliphatic carbocycles. The number of hydrogen-bond donors (Lipinski definition) is 0. The van der Waals surface area contributed by atoms with Crippen molar-refractivity contribution >= 4 is 0 Å². The number of hydrogen-bond acceptors (Lipinski definition) is 1. The van der Waals surface area contributed by atoms with Crippen molar-refractivity contribution in [1.82, 2.24) is 0 Å². The van der Waals surface area contributed by atoms with Crippen LogP contribution in [0, 0.1) is 0 Å². The van der Waals surface area contributed by atoms with E-state index in [2.05, 4.69) is 6.92 Å². The van der Waals surface area contributed by atoms with Gasteiger partial charge in [-0.05, 0) is 20.3 Å². The van der Waals surface area contributed by atoms with Gasteiger partial charge in [0, 0.05) is 0 Å². The normalized spacial score (nSPS) is 12.0. The number of ether oxygens (including phenoxy) is 1. The first kappa shape index (κ1) is 9.89. The van der Waals surface area contributed by atoms with Gasteiger partial charge in [-0.15, -0.1) is 0 Å². The Balaban J connectivity index is 3.42. The number of halogens is 1. The van der Waals surface area contributed by atoms with E-state index < -0.39 is 0 Å². The molecule has 0 bridgehead atoms. The fraction of sp³-hybridized carbons (Fsp3) is 1.00. The van der Waals surface area contributed by atoms with Gasteiger partial charge in [-0.3, -0.25) is 0 Å². The molecule has 0 rings (SSSR count). The average molecular weight is 148 g/mol. The van der Waals surface area contributed by atoms with Crippen LogP contribution in [0.25, 0.3) is 0 Å². The molecule has 0 radical (unpaired) electrons. The highest BCUT2D eigenvalue weighted by Gasteiger charge is 2.15. The van der Waals surface area contributed by atoms with Crippen molar-refractivity contribution in [3.8, 4) is 0 Å². The van der Waals surface area contributed by atoms with E-state index in [0.717, 1.165) is 12.8 Å². The van der Waals surface area contributed by atoms with Crippen molar-refractivity contribution in [3.05, 3.63) is 0 Å². The zero-order valence-corrected chi connectivity index (χ0v) is 7.11. The Morgan fingerprint density at radius 1 is 1.40 bits per heavy atom. The van der Waals surface area contributed by atoms with Gasteiger partial charge in [-0.2, -0.15) is 0 Å². The molecule has 0 heterocycles. The van der Waals surface area contributed by atoms with E-state index in [1.807, 2.05) is 13.8 Å². The highest BCUT2D eigenvalue weighted by molar-refractivity contribution is 4.66. The molecule has 0 fully saturated rings. The lowest BCUT2D eigenvalue weighted by molar-refractivity contribution is -0.0290. The van der Waals surface area contributed by atoms with Crippen LogP contribution in [0.5, 0.6) is 0 Å². The highest BCUT2D eigenvalue weighted by Crippen LogP contribution is 2.15. The lowest BCUT2D eigenvalue weighted by Crippen LogP contribution is -2.24. The van der Waals surface area contributed by atoms with Crippen LogP contribution < -0.4 is 0 Å². The van der Waals surface area contributed by atoms with Crippen molar-refractivity contribution in [3.63, 3.8) is 0 Å². The first-order chi connectivity index (χ1) is 4.62. The van der Waals surface area contributed by atoms with Gasteiger partial charge >= 0.3 is 0 Å². The molecular weight excluding hydrogens is 131 g/mol. The van der Waals surface area contributed by atoms with E-state index in [4.69, 9.17) is 4.74 Å². The summed E-state index contributed by atoms with van der Waals surface area (Å²) >= 11 is 0. The Bertz CT molecular complexity index is 81.3. The first-order valence-electron chi connectivity index (χ1n) is 3.82. The second-order valence-electron chi connectivity index (χ2n) is 3.05. The Kier molecular flexibility index (Phi) is 4.62. The van der Waals surface area contributed by atoms with Crippen molar-refractivity contribution in [1.29, 1.82) is 0 Å². The maximum absolute atomic E-state index is 11.6. The predicted octanol–water partition coefficient (Wildman–Crippen LogP) is 2.55. The molecule has 0 saturated heterocycles. The highest BCUT2D eigenvalue weighted by atomic mass is 19.1. The van der Waals surface area contributed by atoms with E-state index in [1.165, 1.54) is 0 Å². The third-order valence-corrected chi connectivity index (χ3v) is 1.42. The molecule has 0 aromatic heterocycles. The summed E-state index contributed by atoms with van der Waals surface area (Å²) in [6.07, 6.45) is 2.08. The maximum atomic E-state index is 11.6. The number of rotatable bonds is 5. The summed E-state index contributed by atoms with van der Waals surface area (Å²) in [5.41, 5.74) is -0.138. The minimum atomic E-state index is -0.382. The van der Waals surface area contributed by atoms with Gasteiger partial charge in [-0.1, -0.05) is 13.3 Å². The molecular formula is C8H17FO. The minimum Gasteiger partial charge on any atom is -0.373 e. The second kappa shape index (κ2) is 4.67. The molecule has 0 spiro atoms. The van der Waals surface area contributed by atoms with Crippen LogP contribution in [0.4, 0.5) is 4.39 Å². The van der Waals surface area contributed by atoms with Gasteiger partial charge in [0.25, 0.3) is 0 Å². The van der Waals surface area contributed by atoms with Crippen LogP contribution in [0.15, 0.2) is 0 Å². The van der Waals surface area contributed by atoms with E-state index in [9.17, 15) is 4.39 Å². The summed E-state index contributed by atoms with van der Waals surface area (Å²) in [7, 11) is 0. The first-order valence-corrected chi connectivity index (χ1v) is 3.82. The maximum Gasteiger partial charge on any atom is 0.113 e. The topological polar surface area (TPSA) is 9.23 Å². The molecule has 0 aromatic carbocycles. The molecule has 0 amide bonds. The van der Waals surface area contributed by atoms with Crippen LogP contribution in [-0.2, 0) is 4.74 Å². The SMILES string of the molecule is CCCC(C)(C)OCCF. The monoisotopic (exact) mass is 148 g/mol. The van der Waals surface area contributed by atoms with Crippen molar-refractivity contribution in [2.45, 2.75) is 39.2 Å². The lowest BCUT2D eigenvalue weighted by Gasteiger charge is -2.23. The van der Waals surface area contributed by atoms with E-state index in [0.29, 0.717) is 0 Å². The molecule has 0 atom stereocenters. The van der Waals surface area contributed by atoms with Gasteiger partial charge in [0.15, 0.2) is 0 Å². The summed E-state index contributed by atoms with van der Waals surface area (Å²) in [4.78, 5) is 0. The molecule has 0 N–H and O–H groups in total. The van der Waals surface area contributed by atoms with Gasteiger partial charge in [0.2, 0.25) is 0 Å². The molecule has 0 unspecified atom stereocenters. The van der Waals surface area contributed by atoms with Crippen LogP contribution in [0.1, 0.15) is 33.6 Å². The second-order valence-corrected chi connectivity index (χ2v) is 3.05. The third kappa shape index (κ3) is 4.74. The molecule has 10 heavy (non-hydrogen) atoms. The zero-order valence-electron chi connectivity index (χ0n) is 7.11. The lowest BCUT2D eigenvalue weighted by atomic mass is 10.0. The summed E-state index contributed by atoms with van der Waals surface area (Å²) in [6, 6.07) is 0. The minimum absolute atomic E-state index is 0.138. The molecule has 0 saturated carbocycles. The third-order valence-electron chi connectivity index (χ3n) is 1.42. The molecule has 0 aliphatic heterocycles. The zero-order chi connectivity index (χ0) is 8.04. The summed E-state index contributed by atoms with van der Waals surface area (Å²) in [6.45, 7) is 5.93. The van der Waals surface area contributed by atoms with Crippen LogP contribution in [0.2, 0.25) is 0 Å². The van der Waals surface area contributed by atoms with E-state index in [-0.39, 0.29) is 18.9 Å². The summed E-state index contributed by atoms with van der Waals surface area (Å²) in [5, 5.41) is 0. The van der Waals surface area contributed by atoms with Gasteiger partial charge in [0.05, 0.1) is 12.2 Å². The average Bonchev–Trinajstić information content (AvgIpc) is 1.84. The van der Waals surface area contributed by atoms with Gasteiger partial charge in [0.1, 0.15) is 6.67 Å². The predicted molar refractivity (Wildman–Crippen MR) is 40.9 cm³/mol. The summed E-state index contributed by atoms with van der Waals surface area (Å²) in [5.74, 6) is 0. The summed E-state index contributed by atoms with van der Waals surface area (Å²) < 4.78 is 16.9. The molecule has 0 aromatic rings. The quantitative estimate of drug-likeness (QED) is 0.582. The van der Waals surface area contributed by atoms with Crippen LogP contribution in [0.3, 0.4) is 0 Å². The Labute approximate surface area is 62.6 Å². The van der Waals surface area contributed by atoms with Crippen molar-refractivity contribution in [2.24, 2.45) is 0 Å².